The van der Waals surface area contributed by atoms with Crippen LogP contribution in [0.3, 0.4) is 0 Å². The summed E-state index contributed by atoms with van der Waals surface area (Å²) in [5.41, 5.74) is 10.1. The van der Waals surface area contributed by atoms with Gasteiger partial charge in [0.15, 0.2) is 0 Å². The van der Waals surface area contributed by atoms with Crippen LogP contribution in [0.5, 0.6) is 0 Å². The minimum Gasteiger partial charge on any atom is -0.480 e. The van der Waals surface area contributed by atoms with Gasteiger partial charge >= 0.3 is 12.0 Å². The molecule has 0 saturated carbocycles. The number of primary amides is 1. The number of aliphatic carboxylic acids is 1. The lowest BCUT2D eigenvalue weighted by Gasteiger charge is -2.05. The first-order chi connectivity index (χ1) is 6.54. The van der Waals surface area contributed by atoms with Gasteiger partial charge in [0.05, 0.1) is 0 Å². The molecule has 0 aromatic carbocycles. The van der Waals surface area contributed by atoms with Crippen molar-refractivity contribution in [3.63, 3.8) is 0 Å². The van der Waals surface area contributed by atoms with Gasteiger partial charge in [-0.05, 0) is 12.8 Å². The lowest BCUT2D eigenvalue weighted by atomic mass is 10.1. The Balaban J connectivity index is 3.21. The highest BCUT2D eigenvalue weighted by atomic mass is 16.4. The zero-order chi connectivity index (χ0) is 11.0. The fraction of sp³-hybridized carbons (Fsp3) is 0.750. The van der Waals surface area contributed by atoms with E-state index >= 15 is 0 Å². The van der Waals surface area contributed by atoms with E-state index in [0.717, 1.165) is 19.3 Å². The van der Waals surface area contributed by atoms with Gasteiger partial charge in [0, 0.05) is 6.54 Å². The lowest BCUT2D eigenvalue weighted by molar-refractivity contribution is -0.138. The zero-order valence-corrected chi connectivity index (χ0v) is 8.03. The van der Waals surface area contributed by atoms with Gasteiger partial charge in [0.1, 0.15) is 6.04 Å². The Hall–Kier alpha value is -1.30. The molecule has 0 aromatic heterocycles. The molecule has 0 rings (SSSR count). The number of carbonyl (C=O) groups excluding carboxylic acids is 1. The second-order valence-corrected chi connectivity index (χ2v) is 3.09. The van der Waals surface area contributed by atoms with Crippen LogP contribution < -0.4 is 16.8 Å². The van der Waals surface area contributed by atoms with Gasteiger partial charge in [-0.3, -0.25) is 4.79 Å². The maximum Gasteiger partial charge on any atom is 0.320 e. The van der Waals surface area contributed by atoms with Crippen molar-refractivity contribution in [3.05, 3.63) is 0 Å². The number of hydrogen-bond acceptors (Lipinski definition) is 3. The number of urea groups is 1. The number of carbonyl (C=O) groups is 2. The SMILES string of the molecule is NC(=O)NCCCCC[C@H](N)C(=O)O. The first-order valence-electron chi connectivity index (χ1n) is 4.55. The van der Waals surface area contributed by atoms with Crippen LogP contribution in [-0.4, -0.2) is 29.7 Å². The van der Waals surface area contributed by atoms with Gasteiger partial charge in [-0.25, -0.2) is 4.79 Å². The summed E-state index contributed by atoms with van der Waals surface area (Å²) in [5, 5.41) is 10.9. The normalized spacial score (nSPS) is 12.1. The molecular weight excluding hydrogens is 186 g/mol. The van der Waals surface area contributed by atoms with E-state index in [9.17, 15) is 9.59 Å². The highest BCUT2D eigenvalue weighted by Crippen LogP contribution is 2.01. The van der Waals surface area contributed by atoms with Crippen molar-refractivity contribution in [1.82, 2.24) is 5.32 Å². The third kappa shape index (κ3) is 7.35. The molecule has 6 heteroatoms. The molecule has 0 spiro atoms. The highest BCUT2D eigenvalue weighted by molar-refractivity contribution is 5.73. The minimum atomic E-state index is -0.972. The number of carboxylic acids is 1. The summed E-state index contributed by atoms with van der Waals surface area (Å²) in [7, 11) is 0. The molecule has 82 valence electrons. The fourth-order valence-corrected chi connectivity index (χ4v) is 1.00. The number of amides is 2. The molecule has 0 heterocycles. The third-order valence-corrected chi connectivity index (χ3v) is 1.81. The molecule has 0 aliphatic heterocycles. The summed E-state index contributed by atoms with van der Waals surface area (Å²) in [6.45, 7) is 0.525. The Bertz CT molecular complexity index is 196. The average Bonchev–Trinajstić information content (AvgIpc) is 2.09. The van der Waals surface area contributed by atoms with E-state index in [0.29, 0.717) is 13.0 Å². The number of unbranched alkanes of at least 4 members (excludes halogenated alkanes) is 2. The monoisotopic (exact) mass is 203 g/mol. The van der Waals surface area contributed by atoms with Gasteiger partial charge < -0.3 is 21.9 Å². The molecule has 0 aliphatic rings. The third-order valence-electron chi connectivity index (χ3n) is 1.81. The molecule has 0 radical (unpaired) electrons. The standard InChI is InChI=1S/C8H17N3O3/c9-6(7(12)13)4-2-1-3-5-11-8(10)14/h6H,1-5,9H2,(H,12,13)(H3,10,11,14)/t6-/m0/s1. The van der Waals surface area contributed by atoms with E-state index in [1.165, 1.54) is 0 Å². The second-order valence-electron chi connectivity index (χ2n) is 3.09. The Kier molecular flexibility index (Phi) is 6.47. The van der Waals surface area contributed by atoms with Crippen LogP contribution in [0.4, 0.5) is 4.79 Å². The maximum atomic E-state index is 10.3. The van der Waals surface area contributed by atoms with Crippen molar-refractivity contribution in [2.75, 3.05) is 6.54 Å². The van der Waals surface area contributed by atoms with E-state index in [2.05, 4.69) is 5.32 Å². The van der Waals surface area contributed by atoms with Crippen molar-refractivity contribution in [1.29, 1.82) is 0 Å². The minimum absolute atomic E-state index is 0.464. The molecule has 6 N–H and O–H groups in total. The molecule has 0 bridgehead atoms. The number of carboxylic acid groups (broad SMARTS) is 1. The van der Waals surface area contributed by atoms with Crippen molar-refractivity contribution >= 4 is 12.0 Å². The van der Waals surface area contributed by atoms with E-state index in [1.807, 2.05) is 0 Å². The van der Waals surface area contributed by atoms with E-state index in [1.54, 1.807) is 0 Å². The Labute approximate surface area is 82.6 Å². The zero-order valence-electron chi connectivity index (χ0n) is 8.03. The van der Waals surface area contributed by atoms with E-state index in [4.69, 9.17) is 16.6 Å². The quantitative estimate of drug-likeness (QED) is 0.422. The van der Waals surface area contributed by atoms with Crippen molar-refractivity contribution < 1.29 is 14.7 Å². The van der Waals surface area contributed by atoms with Crippen LogP contribution in [0.15, 0.2) is 0 Å². The first-order valence-corrected chi connectivity index (χ1v) is 4.55. The second kappa shape index (κ2) is 7.14. The summed E-state index contributed by atoms with van der Waals surface area (Å²) in [6, 6.07) is -1.31. The van der Waals surface area contributed by atoms with Crippen LogP contribution in [0.2, 0.25) is 0 Å². The predicted molar refractivity (Wildman–Crippen MR) is 51.7 cm³/mol. The maximum absolute atomic E-state index is 10.3. The fourth-order valence-electron chi connectivity index (χ4n) is 1.00. The van der Waals surface area contributed by atoms with Gasteiger partial charge in [0.2, 0.25) is 0 Å². The topological polar surface area (TPSA) is 118 Å². The molecular formula is C8H17N3O3. The summed E-state index contributed by atoms with van der Waals surface area (Å²) < 4.78 is 0. The highest BCUT2D eigenvalue weighted by Gasteiger charge is 2.09. The van der Waals surface area contributed by atoms with Crippen molar-refractivity contribution in [2.24, 2.45) is 11.5 Å². The molecule has 14 heavy (non-hydrogen) atoms. The largest absolute Gasteiger partial charge is 0.480 e. The number of nitrogens with two attached hydrogens (primary N) is 2. The molecule has 0 aliphatic carbocycles. The van der Waals surface area contributed by atoms with E-state index < -0.39 is 18.0 Å². The van der Waals surface area contributed by atoms with Crippen LogP contribution in [-0.2, 0) is 4.79 Å². The van der Waals surface area contributed by atoms with Gasteiger partial charge in [-0.1, -0.05) is 12.8 Å². The summed E-state index contributed by atoms with van der Waals surface area (Å²) in [4.78, 5) is 20.6. The molecule has 6 nitrogen and oxygen atoms in total. The Morgan fingerprint density at radius 3 is 2.43 bits per heavy atom. The van der Waals surface area contributed by atoms with Gasteiger partial charge in [-0.15, -0.1) is 0 Å². The Morgan fingerprint density at radius 2 is 1.93 bits per heavy atom. The smallest absolute Gasteiger partial charge is 0.320 e. The molecule has 0 unspecified atom stereocenters. The van der Waals surface area contributed by atoms with Crippen molar-refractivity contribution in [2.45, 2.75) is 31.7 Å². The van der Waals surface area contributed by atoms with Crippen LogP contribution >= 0.6 is 0 Å². The average molecular weight is 203 g/mol. The number of nitrogens with one attached hydrogen (secondary N) is 1. The van der Waals surface area contributed by atoms with E-state index in [-0.39, 0.29) is 0 Å². The van der Waals surface area contributed by atoms with Crippen LogP contribution in [0.25, 0.3) is 0 Å². The molecule has 0 saturated heterocycles. The Morgan fingerprint density at radius 1 is 1.29 bits per heavy atom. The van der Waals surface area contributed by atoms with Gasteiger partial charge in [-0.2, -0.15) is 0 Å². The van der Waals surface area contributed by atoms with Gasteiger partial charge in [0.25, 0.3) is 0 Å². The van der Waals surface area contributed by atoms with Crippen LogP contribution in [0, 0.1) is 0 Å². The van der Waals surface area contributed by atoms with Crippen molar-refractivity contribution in [3.8, 4) is 0 Å². The summed E-state index contributed by atoms with van der Waals surface area (Å²) in [6.07, 6.45) is 2.83. The number of hydrogen-bond donors (Lipinski definition) is 4. The predicted octanol–water partition coefficient (Wildman–Crippen LogP) is -0.373. The summed E-state index contributed by atoms with van der Waals surface area (Å²) in [5.74, 6) is -0.972. The lowest BCUT2D eigenvalue weighted by Crippen LogP contribution is -2.30. The molecule has 0 aromatic rings. The molecule has 1 atom stereocenters. The molecule has 0 fully saturated rings. The number of rotatable bonds is 7. The molecule has 2 amide bonds. The first kappa shape index (κ1) is 12.7. The van der Waals surface area contributed by atoms with Crippen LogP contribution in [0.1, 0.15) is 25.7 Å². The summed E-state index contributed by atoms with van der Waals surface area (Å²) >= 11 is 0.